The van der Waals surface area contributed by atoms with E-state index in [-0.39, 0.29) is 12.6 Å². The third-order valence-electron chi connectivity index (χ3n) is 1.89. The van der Waals surface area contributed by atoms with Gasteiger partial charge in [-0.1, -0.05) is 0 Å². The van der Waals surface area contributed by atoms with Crippen LogP contribution in [-0.4, -0.2) is 54.0 Å². The third kappa shape index (κ3) is 3.20. The van der Waals surface area contributed by atoms with Crippen molar-refractivity contribution in [1.29, 1.82) is 0 Å². The van der Waals surface area contributed by atoms with Crippen LogP contribution in [0.25, 0.3) is 0 Å². The van der Waals surface area contributed by atoms with Crippen LogP contribution in [0.3, 0.4) is 0 Å². The molecule has 2 aliphatic rings. The Labute approximate surface area is 84.0 Å². The van der Waals surface area contributed by atoms with Crippen LogP contribution >= 0.6 is 0 Å². The van der Waals surface area contributed by atoms with Gasteiger partial charge in [-0.05, 0) is 0 Å². The second-order valence-electron chi connectivity index (χ2n) is 2.88. The van der Waals surface area contributed by atoms with Crippen molar-refractivity contribution in [3.05, 3.63) is 0 Å². The molecular formula is C8H14O4Se. The first kappa shape index (κ1) is 9.90. The predicted molar refractivity (Wildman–Crippen MR) is 46.8 cm³/mol. The maximum absolute atomic E-state index is 5.33. The Morgan fingerprint density at radius 1 is 0.769 bits per heavy atom. The Morgan fingerprint density at radius 2 is 1.15 bits per heavy atom. The average Bonchev–Trinajstić information content (AvgIpc) is 2.75. The Balaban J connectivity index is 1.52. The first-order valence-corrected chi connectivity index (χ1v) is 6.91. The van der Waals surface area contributed by atoms with Crippen LogP contribution < -0.4 is 0 Å². The Morgan fingerprint density at radius 3 is 1.54 bits per heavy atom. The van der Waals surface area contributed by atoms with E-state index in [2.05, 4.69) is 0 Å². The van der Waals surface area contributed by atoms with Crippen molar-refractivity contribution in [2.75, 3.05) is 26.4 Å². The Bertz CT molecular complexity index is 127. The van der Waals surface area contributed by atoms with Gasteiger partial charge in [-0.15, -0.1) is 0 Å². The van der Waals surface area contributed by atoms with Crippen molar-refractivity contribution < 1.29 is 18.9 Å². The van der Waals surface area contributed by atoms with Crippen LogP contribution in [0.5, 0.6) is 0 Å². The molecule has 2 heterocycles. The van der Waals surface area contributed by atoms with Gasteiger partial charge in [0.05, 0.1) is 0 Å². The zero-order chi connectivity index (χ0) is 8.93. The van der Waals surface area contributed by atoms with Crippen LogP contribution in [0.2, 0.25) is 10.6 Å². The summed E-state index contributed by atoms with van der Waals surface area (Å²) in [6.07, 6.45) is 0.0859. The summed E-state index contributed by atoms with van der Waals surface area (Å²) in [5.74, 6) is 0. The summed E-state index contributed by atoms with van der Waals surface area (Å²) in [5.41, 5.74) is 0. The molecule has 0 saturated carbocycles. The molecule has 0 unspecified atom stereocenters. The molecule has 0 bridgehead atoms. The van der Waals surface area contributed by atoms with Gasteiger partial charge in [-0.25, -0.2) is 0 Å². The quantitative estimate of drug-likeness (QED) is 0.674. The molecule has 2 fully saturated rings. The molecule has 0 amide bonds. The topological polar surface area (TPSA) is 36.9 Å². The molecule has 0 aromatic rings. The maximum atomic E-state index is 5.33. The second-order valence-corrected chi connectivity index (χ2v) is 5.13. The fraction of sp³-hybridized carbons (Fsp3) is 1.00. The van der Waals surface area contributed by atoms with Crippen LogP contribution in [0, 0.1) is 0 Å². The molecule has 13 heavy (non-hydrogen) atoms. The molecule has 0 spiro atoms. The minimum absolute atomic E-state index is 0.0430. The molecule has 0 radical (unpaired) electrons. The first-order chi connectivity index (χ1) is 6.45. The summed E-state index contributed by atoms with van der Waals surface area (Å²) in [7, 11) is 0. The van der Waals surface area contributed by atoms with Gasteiger partial charge in [0.2, 0.25) is 0 Å². The molecule has 2 saturated heterocycles. The SMILES string of the molecule is C1COC(C[Se]CC2OCCO2)O1. The molecule has 5 heteroatoms. The van der Waals surface area contributed by atoms with Gasteiger partial charge in [0.25, 0.3) is 0 Å². The van der Waals surface area contributed by atoms with Gasteiger partial charge >= 0.3 is 83.6 Å². The molecular weight excluding hydrogens is 239 g/mol. The van der Waals surface area contributed by atoms with Crippen molar-refractivity contribution in [3.63, 3.8) is 0 Å². The van der Waals surface area contributed by atoms with Gasteiger partial charge in [-0.2, -0.15) is 0 Å². The van der Waals surface area contributed by atoms with Gasteiger partial charge in [-0.3, -0.25) is 0 Å². The predicted octanol–water partition coefficient (Wildman–Crippen LogP) is 0.273. The monoisotopic (exact) mass is 254 g/mol. The van der Waals surface area contributed by atoms with E-state index in [1.165, 1.54) is 0 Å². The van der Waals surface area contributed by atoms with Gasteiger partial charge in [0.15, 0.2) is 0 Å². The van der Waals surface area contributed by atoms with E-state index in [1.807, 2.05) is 0 Å². The number of hydrogen-bond acceptors (Lipinski definition) is 4. The van der Waals surface area contributed by atoms with Crippen molar-refractivity contribution in [2.45, 2.75) is 23.2 Å². The first-order valence-electron chi connectivity index (χ1n) is 4.49. The standard InChI is InChI=1S/C8H14O4Se/c1-2-10-7(9-1)5-13-6-8-11-3-4-12-8/h7-8H,1-6H2. The summed E-state index contributed by atoms with van der Waals surface area (Å²) in [6.45, 7) is 2.99. The summed E-state index contributed by atoms with van der Waals surface area (Å²) >= 11 is 0.504. The molecule has 0 N–H and O–H groups in total. The van der Waals surface area contributed by atoms with Crippen LogP contribution in [0.4, 0.5) is 0 Å². The second kappa shape index (κ2) is 5.29. The van der Waals surface area contributed by atoms with Crippen molar-refractivity contribution >= 4 is 15.0 Å². The van der Waals surface area contributed by atoms with E-state index in [9.17, 15) is 0 Å². The van der Waals surface area contributed by atoms with Crippen molar-refractivity contribution in [3.8, 4) is 0 Å². The third-order valence-corrected chi connectivity index (χ3v) is 4.02. The molecule has 76 valence electrons. The van der Waals surface area contributed by atoms with Gasteiger partial charge in [0.1, 0.15) is 0 Å². The Kier molecular flexibility index (Phi) is 4.03. The molecule has 0 aromatic heterocycles. The zero-order valence-electron chi connectivity index (χ0n) is 7.44. The zero-order valence-corrected chi connectivity index (χ0v) is 9.15. The van der Waals surface area contributed by atoms with E-state index in [0.29, 0.717) is 15.0 Å². The van der Waals surface area contributed by atoms with E-state index < -0.39 is 0 Å². The molecule has 0 aliphatic carbocycles. The molecule has 2 aliphatic heterocycles. The van der Waals surface area contributed by atoms with Gasteiger partial charge < -0.3 is 0 Å². The van der Waals surface area contributed by atoms with Crippen molar-refractivity contribution in [1.82, 2.24) is 0 Å². The molecule has 0 aromatic carbocycles. The minimum atomic E-state index is 0.0430. The summed E-state index contributed by atoms with van der Waals surface area (Å²) in [4.78, 5) is 0. The molecule has 4 nitrogen and oxygen atoms in total. The summed E-state index contributed by atoms with van der Waals surface area (Å²) < 4.78 is 21.3. The normalized spacial score (nSPS) is 25.8. The van der Waals surface area contributed by atoms with E-state index in [1.54, 1.807) is 0 Å². The number of hydrogen-bond donors (Lipinski definition) is 0. The number of ether oxygens (including phenoxy) is 4. The van der Waals surface area contributed by atoms with Crippen LogP contribution in [0.15, 0.2) is 0 Å². The fourth-order valence-corrected chi connectivity index (χ4v) is 3.17. The molecule has 0 atom stereocenters. The average molecular weight is 253 g/mol. The van der Waals surface area contributed by atoms with Crippen LogP contribution in [0.1, 0.15) is 0 Å². The number of rotatable bonds is 4. The van der Waals surface area contributed by atoms with E-state index in [4.69, 9.17) is 18.9 Å². The van der Waals surface area contributed by atoms with Crippen LogP contribution in [-0.2, 0) is 18.9 Å². The Hall–Kier alpha value is 0.359. The van der Waals surface area contributed by atoms with Crippen molar-refractivity contribution in [2.24, 2.45) is 0 Å². The van der Waals surface area contributed by atoms with Gasteiger partial charge in [0, 0.05) is 0 Å². The summed E-state index contributed by atoms with van der Waals surface area (Å²) in [5, 5.41) is 2.02. The van der Waals surface area contributed by atoms with E-state index >= 15 is 0 Å². The summed E-state index contributed by atoms with van der Waals surface area (Å²) in [6, 6.07) is 0. The van der Waals surface area contributed by atoms with E-state index in [0.717, 1.165) is 37.1 Å². The molecule has 2 rings (SSSR count). The fourth-order valence-electron chi connectivity index (χ4n) is 1.27.